The molecule has 0 aliphatic rings. The second kappa shape index (κ2) is 6.63. The molecule has 0 saturated carbocycles. The van der Waals surface area contributed by atoms with E-state index in [2.05, 4.69) is 5.32 Å². The molecule has 116 valence electrons. The molecule has 8 heteroatoms. The normalized spacial score (nSPS) is 12.0. The summed E-state index contributed by atoms with van der Waals surface area (Å²) in [5.74, 6) is -0.913. The molecule has 0 aliphatic heterocycles. The highest BCUT2D eigenvalue weighted by atomic mass is 32.1. The number of aliphatic hydroxyl groups is 1. The topological polar surface area (TPSA) is 92.5 Å². The lowest BCUT2D eigenvalue weighted by atomic mass is 10.1. The van der Waals surface area contributed by atoms with Gasteiger partial charge >= 0.3 is 0 Å². The van der Waals surface area contributed by atoms with Gasteiger partial charge in [0, 0.05) is 12.6 Å². The van der Waals surface area contributed by atoms with Crippen LogP contribution in [0.4, 0.5) is 10.1 Å². The van der Waals surface area contributed by atoms with Crippen LogP contribution in [0.25, 0.3) is 0 Å². The predicted molar refractivity (Wildman–Crippen MR) is 79.4 cm³/mol. The first-order valence-electron chi connectivity index (χ1n) is 6.35. The maximum atomic E-state index is 12.8. The molecule has 2 rings (SSSR count). The molecule has 0 fully saturated rings. The number of thiophene rings is 1. The molecule has 2 aromatic rings. The van der Waals surface area contributed by atoms with Gasteiger partial charge in [-0.1, -0.05) is 12.1 Å². The zero-order chi connectivity index (χ0) is 16.3. The fraction of sp³-hybridized carbons (Fsp3) is 0.214. The number of hydrogen-bond donors (Lipinski definition) is 2. The molecular formula is C14H13FN2O4S. The van der Waals surface area contributed by atoms with Crippen LogP contribution < -0.4 is 5.32 Å². The van der Waals surface area contributed by atoms with Crippen LogP contribution in [0.5, 0.6) is 0 Å². The first-order chi connectivity index (χ1) is 10.4. The van der Waals surface area contributed by atoms with Gasteiger partial charge in [0.05, 0.1) is 20.8 Å². The monoisotopic (exact) mass is 324 g/mol. The predicted octanol–water partition coefficient (Wildman–Crippen LogP) is 2.57. The molecule has 1 heterocycles. The molecule has 1 atom stereocenters. The zero-order valence-corrected chi connectivity index (χ0v) is 12.4. The number of aliphatic hydroxyl groups excluding tert-OH is 1. The standard InChI is InChI=1S/C14H13FN2O4S/c1-8-11(17(20)21)6-13(22-8)14(19)16-7-12(18)9-2-4-10(15)5-3-9/h2-6,12,18H,7H2,1H3,(H,16,19). The van der Waals surface area contributed by atoms with Crippen molar-refractivity contribution in [2.75, 3.05) is 6.54 Å². The van der Waals surface area contributed by atoms with Crippen molar-refractivity contribution >= 4 is 22.9 Å². The fourth-order valence-electron chi connectivity index (χ4n) is 1.84. The molecule has 1 unspecified atom stereocenters. The van der Waals surface area contributed by atoms with E-state index in [9.17, 15) is 24.4 Å². The second-order valence-corrected chi connectivity index (χ2v) is 5.84. The maximum Gasteiger partial charge on any atom is 0.283 e. The summed E-state index contributed by atoms with van der Waals surface area (Å²) in [6.07, 6.45) is -0.986. The molecule has 0 spiro atoms. The number of benzene rings is 1. The van der Waals surface area contributed by atoms with Gasteiger partial charge < -0.3 is 10.4 Å². The summed E-state index contributed by atoms with van der Waals surface area (Å²) < 4.78 is 12.8. The van der Waals surface area contributed by atoms with E-state index in [-0.39, 0.29) is 17.1 Å². The average molecular weight is 324 g/mol. The molecular weight excluding hydrogens is 311 g/mol. The highest BCUT2D eigenvalue weighted by Crippen LogP contribution is 2.28. The number of halogens is 1. The Labute approximate surface area is 129 Å². The van der Waals surface area contributed by atoms with Crippen LogP contribution in [0, 0.1) is 22.9 Å². The van der Waals surface area contributed by atoms with E-state index in [1.54, 1.807) is 6.92 Å². The molecule has 1 aromatic carbocycles. The summed E-state index contributed by atoms with van der Waals surface area (Å²) in [5, 5.41) is 23.2. The molecule has 0 saturated heterocycles. The largest absolute Gasteiger partial charge is 0.387 e. The summed E-state index contributed by atoms with van der Waals surface area (Å²) in [4.78, 5) is 22.8. The Morgan fingerprint density at radius 3 is 2.64 bits per heavy atom. The Morgan fingerprint density at radius 2 is 2.09 bits per heavy atom. The summed E-state index contributed by atoms with van der Waals surface area (Å²) in [5.41, 5.74) is 0.365. The molecule has 6 nitrogen and oxygen atoms in total. The van der Waals surface area contributed by atoms with E-state index in [4.69, 9.17) is 0 Å². The minimum Gasteiger partial charge on any atom is -0.387 e. The number of aryl methyl sites for hydroxylation is 1. The molecule has 0 radical (unpaired) electrons. The molecule has 2 N–H and O–H groups in total. The molecule has 1 aromatic heterocycles. The number of nitrogens with one attached hydrogen (secondary N) is 1. The van der Waals surface area contributed by atoms with Crippen molar-refractivity contribution in [2.45, 2.75) is 13.0 Å². The van der Waals surface area contributed by atoms with Crippen LogP contribution in [0.1, 0.15) is 26.2 Å². The lowest BCUT2D eigenvalue weighted by Gasteiger charge is -2.11. The van der Waals surface area contributed by atoms with Crippen molar-refractivity contribution in [1.82, 2.24) is 5.32 Å². The third kappa shape index (κ3) is 3.66. The third-order valence-electron chi connectivity index (χ3n) is 3.02. The number of carbonyl (C=O) groups is 1. The lowest BCUT2D eigenvalue weighted by molar-refractivity contribution is -0.385. The molecule has 1 amide bonds. The van der Waals surface area contributed by atoms with Crippen molar-refractivity contribution in [3.63, 3.8) is 0 Å². The van der Waals surface area contributed by atoms with E-state index in [1.165, 1.54) is 30.3 Å². The van der Waals surface area contributed by atoms with Gasteiger partial charge in [-0.3, -0.25) is 14.9 Å². The number of amides is 1. The quantitative estimate of drug-likeness (QED) is 0.653. The van der Waals surface area contributed by atoms with E-state index in [0.29, 0.717) is 10.4 Å². The lowest BCUT2D eigenvalue weighted by Crippen LogP contribution is -2.27. The molecule has 22 heavy (non-hydrogen) atoms. The van der Waals surface area contributed by atoms with Gasteiger partial charge in [0.15, 0.2) is 0 Å². The number of nitrogens with zero attached hydrogens (tertiary/aromatic N) is 1. The zero-order valence-electron chi connectivity index (χ0n) is 11.6. The highest BCUT2D eigenvalue weighted by Gasteiger charge is 2.20. The van der Waals surface area contributed by atoms with Gasteiger partial charge in [-0.15, -0.1) is 11.3 Å². The number of hydrogen-bond acceptors (Lipinski definition) is 5. The van der Waals surface area contributed by atoms with Crippen molar-refractivity contribution < 1.29 is 19.2 Å². The van der Waals surface area contributed by atoms with E-state index < -0.39 is 22.8 Å². The first-order valence-corrected chi connectivity index (χ1v) is 7.16. The van der Waals surface area contributed by atoms with Crippen LogP contribution in [0.3, 0.4) is 0 Å². The smallest absolute Gasteiger partial charge is 0.283 e. The average Bonchev–Trinajstić information content (AvgIpc) is 2.87. The second-order valence-electron chi connectivity index (χ2n) is 4.59. The Kier molecular flexibility index (Phi) is 4.84. The number of carbonyl (C=O) groups excluding carboxylic acids is 1. The summed E-state index contributed by atoms with van der Waals surface area (Å²) in [6.45, 7) is 1.49. The van der Waals surface area contributed by atoms with Gasteiger partial charge in [-0.05, 0) is 24.6 Å². The van der Waals surface area contributed by atoms with Crippen LogP contribution in [0.15, 0.2) is 30.3 Å². The van der Waals surface area contributed by atoms with Gasteiger partial charge in [-0.2, -0.15) is 0 Å². The van der Waals surface area contributed by atoms with Gasteiger partial charge in [-0.25, -0.2) is 4.39 Å². The minimum absolute atomic E-state index is 0.0742. The SMILES string of the molecule is Cc1sc(C(=O)NCC(O)c2ccc(F)cc2)cc1[N+](=O)[O-]. The minimum atomic E-state index is -0.986. The fourth-order valence-corrected chi connectivity index (χ4v) is 2.75. The number of nitro groups is 1. The molecule has 0 aliphatic carbocycles. The van der Waals surface area contributed by atoms with Crippen LogP contribution >= 0.6 is 11.3 Å². The summed E-state index contributed by atoms with van der Waals surface area (Å²) in [7, 11) is 0. The van der Waals surface area contributed by atoms with Crippen molar-refractivity contribution in [1.29, 1.82) is 0 Å². The van der Waals surface area contributed by atoms with Crippen LogP contribution in [-0.2, 0) is 0 Å². The van der Waals surface area contributed by atoms with Gasteiger partial charge in [0.2, 0.25) is 0 Å². The third-order valence-corrected chi connectivity index (χ3v) is 4.06. The Balaban J connectivity index is 1.99. The number of rotatable bonds is 5. The maximum absolute atomic E-state index is 12.8. The van der Waals surface area contributed by atoms with E-state index in [0.717, 1.165) is 11.3 Å². The van der Waals surface area contributed by atoms with Crippen molar-refractivity contribution in [3.8, 4) is 0 Å². The Bertz CT molecular complexity index is 699. The van der Waals surface area contributed by atoms with Gasteiger partial charge in [0.25, 0.3) is 11.6 Å². The van der Waals surface area contributed by atoms with Crippen molar-refractivity contribution in [2.24, 2.45) is 0 Å². The van der Waals surface area contributed by atoms with Gasteiger partial charge in [0.1, 0.15) is 5.82 Å². The molecule has 0 bridgehead atoms. The highest BCUT2D eigenvalue weighted by molar-refractivity contribution is 7.14. The summed E-state index contributed by atoms with van der Waals surface area (Å²) >= 11 is 1.02. The van der Waals surface area contributed by atoms with Crippen LogP contribution in [0.2, 0.25) is 0 Å². The first kappa shape index (κ1) is 16.1. The summed E-state index contributed by atoms with van der Waals surface area (Å²) in [6, 6.07) is 6.48. The van der Waals surface area contributed by atoms with Crippen molar-refractivity contribution in [3.05, 3.63) is 61.6 Å². The Morgan fingerprint density at radius 1 is 1.45 bits per heavy atom. The van der Waals surface area contributed by atoms with E-state index in [1.807, 2.05) is 0 Å². The Hall–Kier alpha value is -2.32. The van der Waals surface area contributed by atoms with Crippen LogP contribution in [-0.4, -0.2) is 22.5 Å². The van der Waals surface area contributed by atoms with E-state index >= 15 is 0 Å².